The van der Waals surface area contributed by atoms with E-state index in [0.29, 0.717) is 37.7 Å². The maximum absolute atomic E-state index is 13.4. The fourth-order valence-corrected chi connectivity index (χ4v) is 8.47. The molecule has 6 nitrogen and oxygen atoms in total. The number of hydrogen-bond acceptors (Lipinski definition) is 6. The second-order valence-electron chi connectivity index (χ2n) is 16.1. The van der Waals surface area contributed by atoms with Crippen LogP contribution in [0.25, 0.3) is 0 Å². The Hall–Kier alpha value is -2.58. The van der Waals surface area contributed by atoms with Gasteiger partial charge >= 0.3 is 24.1 Å². The van der Waals surface area contributed by atoms with E-state index in [1.54, 1.807) is 13.8 Å². The molecule has 0 aliphatic heterocycles. The van der Waals surface area contributed by atoms with E-state index in [1.165, 1.54) is 0 Å². The fourth-order valence-electron chi connectivity index (χ4n) is 8.47. The molecule has 0 aromatic heterocycles. The van der Waals surface area contributed by atoms with Crippen LogP contribution >= 0.6 is 0 Å². The Morgan fingerprint density at radius 2 is 0.840 bits per heavy atom. The average molecular weight is 715 g/mol. The highest BCUT2D eigenvalue weighted by Crippen LogP contribution is 2.47. The first kappa shape index (κ1) is 47.4. The van der Waals surface area contributed by atoms with Gasteiger partial charge in [0.25, 0.3) is 0 Å². The summed E-state index contributed by atoms with van der Waals surface area (Å²) in [6.07, 6.45) is -1.87. The van der Waals surface area contributed by atoms with Crippen molar-refractivity contribution in [2.45, 2.75) is 159 Å². The molecule has 50 heavy (non-hydrogen) atoms. The Kier molecular flexibility index (Phi) is 17.8. The third kappa shape index (κ3) is 10.7. The standard InChI is InChI=1S/C41H69F3O6/c1-19-38(26(6)7,48-35(45)24(2)3)30(14)20-21-32(16)40(29(12)13,49-36(46)25(4)5)33(17)23-22-31(15)39(27(8)9,28(10)11)50-37(47)34(18)41(42,43)44/h26-33H,2,4,18-23H2,1,3,5-17H3. The zero-order valence-electron chi connectivity index (χ0n) is 33.9. The van der Waals surface area contributed by atoms with Gasteiger partial charge in [0, 0.05) is 11.1 Å². The highest BCUT2D eigenvalue weighted by Gasteiger charge is 2.52. The van der Waals surface area contributed by atoms with Crippen LogP contribution in [0.15, 0.2) is 36.5 Å². The first-order valence-electron chi connectivity index (χ1n) is 18.4. The molecule has 6 unspecified atom stereocenters. The number of hydrogen-bond donors (Lipinski definition) is 0. The summed E-state index contributed by atoms with van der Waals surface area (Å²) in [5.41, 5.74) is -3.76. The fraction of sp³-hybridized carbons (Fsp3) is 0.780. The third-order valence-corrected chi connectivity index (χ3v) is 11.6. The molecule has 0 saturated heterocycles. The van der Waals surface area contributed by atoms with Gasteiger partial charge in [-0.25, -0.2) is 14.4 Å². The number of rotatable bonds is 21. The average Bonchev–Trinajstić information content (AvgIpc) is 2.99. The number of carbonyl (C=O) groups excluding carboxylic acids is 3. The Labute approximate surface area is 302 Å². The monoisotopic (exact) mass is 715 g/mol. The highest BCUT2D eigenvalue weighted by atomic mass is 19.4. The summed E-state index contributed by atoms with van der Waals surface area (Å²) in [6, 6.07) is 0. The molecule has 0 radical (unpaired) electrons. The second kappa shape index (κ2) is 18.8. The molecule has 0 bridgehead atoms. The Balaban J connectivity index is 6.72. The minimum absolute atomic E-state index is 0.0193. The zero-order chi connectivity index (χ0) is 39.7. The Morgan fingerprint density at radius 1 is 0.520 bits per heavy atom. The van der Waals surface area contributed by atoms with Crippen molar-refractivity contribution in [1.29, 1.82) is 0 Å². The summed E-state index contributed by atoms with van der Waals surface area (Å²) in [5.74, 6) is -3.73. The van der Waals surface area contributed by atoms with Gasteiger partial charge in [0.1, 0.15) is 22.4 Å². The summed E-state index contributed by atoms with van der Waals surface area (Å²) in [7, 11) is 0. The van der Waals surface area contributed by atoms with Crippen LogP contribution in [-0.4, -0.2) is 40.9 Å². The van der Waals surface area contributed by atoms with Crippen molar-refractivity contribution in [2.75, 3.05) is 0 Å². The smallest absolute Gasteiger partial charge is 0.422 e. The summed E-state index contributed by atoms with van der Waals surface area (Å²) < 4.78 is 58.7. The third-order valence-electron chi connectivity index (χ3n) is 11.6. The van der Waals surface area contributed by atoms with Crippen LogP contribution in [0.5, 0.6) is 0 Å². The van der Waals surface area contributed by atoms with Crippen LogP contribution in [0.4, 0.5) is 13.2 Å². The SMILES string of the molecule is C=C(C)C(=O)OC(CC)(C(C)C)C(C)CCC(C)C(OC(=O)C(=C)C)(C(C)C)C(C)CCC(C)C(OC(=O)C(=C)C(F)(F)F)(C(C)C)C(C)C. The van der Waals surface area contributed by atoms with Crippen LogP contribution in [0.2, 0.25) is 0 Å². The molecule has 9 heteroatoms. The second-order valence-corrected chi connectivity index (χ2v) is 16.1. The van der Waals surface area contributed by atoms with Crippen molar-refractivity contribution in [3.05, 3.63) is 36.5 Å². The van der Waals surface area contributed by atoms with Gasteiger partial charge in [-0.05, 0) is 93.3 Å². The van der Waals surface area contributed by atoms with Crippen molar-refractivity contribution in [3.63, 3.8) is 0 Å². The normalized spacial score (nSPS) is 17.4. The minimum Gasteiger partial charge on any atom is -0.455 e. The number of alkyl halides is 3. The molecular weight excluding hydrogens is 645 g/mol. The largest absolute Gasteiger partial charge is 0.455 e. The van der Waals surface area contributed by atoms with Gasteiger partial charge in [-0.1, -0.05) is 110 Å². The quantitative estimate of drug-likeness (QED) is 0.0669. The minimum atomic E-state index is -4.90. The van der Waals surface area contributed by atoms with E-state index in [-0.39, 0.29) is 52.9 Å². The molecular formula is C41H69F3O6. The molecule has 0 heterocycles. The predicted octanol–water partition coefficient (Wildman–Crippen LogP) is 11.2. The molecule has 0 aromatic carbocycles. The molecule has 0 rings (SSSR count). The number of halogens is 3. The van der Waals surface area contributed by atoms with Crippen LogP contribution in [0.1, 0.15) is 136 Å². The summed E-state index contributed by atoms with van der Waals surface area (Å²) in [5, 5.41) is 0. The van der Waals surface area contributed by atoms with Gasteiger partial charge < -0.3 is 14.2 Å². The number of ether oxygens (including phenoxy) is 3. The van der Waals surface area contributed by atoms with Crippen LogP contribution in [-0.2, 0) is 28.6 Å². The molecule has 0 aromatic rings. The van der Waals surface area contributed by atoms with E-state index >= 15 is 0 Å². The summed E-state index contributed by atoms with van der Waals surface area (Å²) >= 11 is 0. The van der Waals surface area contributed by atoms with Crippen LogP contribution < -0.4 is 0 Å². The molecule has 0 N–H and O–H groups in total. The maximum Gasteiger partial charge on any atom is 0.422 e. The summed E-state index contributed by atoms with van der Waals surface area (Å²) in [4.78, 5) is 38.8. The first-order valence-corrected chi connectivity index (χ1v) is 18.4. The van der Waals surface area contributed by atoms with E-state index in [9.17, 15) is 27.6 Å². The zero-order valence-corrected chi connectivity index (χ0v) is 33.9. The van der Waals surface area contributed by atoms with Crippen LogP contribution in [0, 0.1) is 47.3 Å². The van der Waals surface area contributed by atoms with Gasteiger partial charge in [0.15, 0.2) is 0 Å². The van der Waals surface area contributed by atoms with E-state index in [2.05, 4.69) is 47.4 Å². The van der Waals surface area contributed by atoms with E-state index in [1.807, 2.05) is 62.3 Å². The van der Waals surface area contributed by atoms with E-state index in [4.69, 9.17) is 14.2 Å². The highest BCUT2D eigenvalue weighted by molar-refractivity contribution is 5.89. The molecule has 290 valence electrons. The number of esters is 3. The first-order chi connectivity index (χ1) is 22.6. The lowest BCUT2D eigenvalue weighted by atomic mass is 9.64. The Bertz CT molecular complexity index is 1190. The predicted molar refractivity (Wildman–Crippen MR) is 196 cm³/mol. The van der Waals surface area contributed by atoms with Crippen molar-refractivity contribution in [3.8, 4) is 0 Å². The van der Waals surface area contributed by atoms with E-state index < -0.39 is 46.5 Å². The van der Waals surface area contributed by atoms with Gasteiger partial charge in [-0.2, -0.15) is 13.2 Å². The summed E-state index contributed by atoms with van der Waals surface area (Å²) in [6.45, 7) is 39.5. The van der Waals surface area contributed by atoms with Crippen molar-refractivity contribution >= 4 is 17.9 Å². The molecule has 6 atom stereocenters. The lowest BCUT2D eigenvalue weighted by Crippen LogP contribution is -2.53. The molecule has 0 saturated carbocycles. The van der Waals surface area contributed by atoms with Crippen molar-refractivity contribution in [2.24, 2.45) is 47.3 Å². The lowest BCUT2D eigenvalue weighted by Gasteiger charge is -2.49. The molecule has 0 aliphatic rings. The van der Waals surface area contributed by atoms with Crippen molar-refractivity contribution in [1.82, 2.24) is 0 Å². The Morgan fingerprint density at radius 3 is 1.14 bits per heavy atom. The topological polar surface area (TPSA) is 78.9 Å². The van der Waals surface area contributed by atoms with Gasteiger partial charge in [0.05, 0.1) is 0 Å². The number of carbonyl (C=O) groups is 3. The van der Waals surface area contributed by atoms with Crippen LogP contribution in [0.3, 0.4) is 0 Å². The molecule has 0 amide bonds. The molecule has 0 fully saturated rings. The van der Waals surface area contributed by atoms with Gasteiger partial charge in [-0.3, -0.25) is 0 Å². The van der Waals surface area contributed by atoms with Gasteiger partial charge in [-0.15, -0.1) is 0 Å². The molecule has 0 aliphatic carbocycles. The van der Waals surface area contributed by atoms with Gasteiger partial charge in [0.2, 0.25) is 0 Å². The maximum atomic E-state index is 13.4. The van der Waals surface area contributed by atoms with Crippen molar-refractivity contribution < 1.29 is 41.8 Å². The van der Waals surface area contributed by atoms with E-state index in [0.717, 1.165) is 0 Å². The molecule has 0 spiro atoms. The lowest BCUT2D eigenvalue weighted by molar-refractivity contribution is -0.190.